The lowest BCUT2D eigenvalue weighted by Crippen LogP contribution is -2.64. The number of hydrogen-bond acceptors (Lipinski definition) is 6. The summed E-state index contributed by atoms with van der Waals surface area (Å²) in [6.45, 7) is 0. The first kappa shape index (κ1) is 22.0. The minimum Gasteiger partial charge on any atom is -0.404 e. The molecule has 0 aliphatic carbocycles. The van der Waals surface area contributed by atoms with Crippen molar-refractivity contribution in [3.8, 4) is 11.1 Å². The summed E-state index contributed by atoms with van der Waals surface area (Å²) in [4.78, 5) is 25.9. The summed E-state index contributed by atoms with van der Waals surface area (Å²) in [5.74, 6) is -5.72. The van der Waals surface area contributed by atoms with Crippen LogP contribution in [0.3, 0.4) is 0 Å². The van der Waals surface area contributed by atoms with E-state index in [0.29, 0.717) is 11.1 Å². The lowest BCUT2D eigenvalue weighted by atomic mass is 9.81. The molecule has 1 aromatic heterocycles. The molecule has 32 heavy (non-hydrogen) atoms. The zero-order valence-corrected chi connectivity index (χ0v) is 17.5. The minimum atomic E-state index is -5.28. The van der Waals surface area contributed by atoms with Gasteiger partial charge in [-0.1, -0.05) is 48.5 Å². The van der Waals surface area contributed by atoms with Crippen molar-refractivity contribution in [2.75, 3.05) is 7.05 Å². The maximum Gasteiger partial charge on any atom is 0.491 e. The highest BCUT2D eigenvalue weighted by atomic mass is 32.1. The van der Waals surface area contributed by atoms with Gasteiger partial charge in [0.15, 0.2) is 5.54 Å². The van der Waals surface area contributed by atoms with E-state index in [1.807, 2.05) is 22.9 Å². The van der Waals surface area contributed by atoms with E-state index in [0.717, 1.165) is 16.0 Å². The topological polar surface area (TPSA) is 84.7 Å². The molecule has 0 saturated carbocycles. The van der Waals surface area contributed by atoms with Gasteiger partial charge in [0.05, 0.1) is 0 Å². The molecule has 1 aliphatic rings. The van der Waals surface area contributed by atoms with E-state index in [2.05, 4.69) is 10.1 Å². The Morgan fingerprint density at radius 1 is 1.06 bits per heavy atom. The van der Waals surface area contributed by atoms with Crippen LogP contribution >= 0.6 is 11.3 Å². The van der Waals surface area contributed by atoms with Crippen molar-refractivity contribution in [3.05, 3.63) is 82.6 Å². The highest BCUT2D eigenvalue weighted by molar-refractivity contribution is 7.08. The van der Waals surface area contributed by atoms with E-state index in [9.17, 15) is 22.8 Å². The molecule has 2 atom stereocenters. The molecule has 6 nitrogen and oxygen atoms in total. The standard InChI is InChI=1S/C22H18F3N3O3S/c1-28-18(29)20(16-7-3-2-4-8-16,27-22(28,26)31-19(30)21(23,24)25)17-9-5-6-14(12-17)15-10-11-32-13-15/h2-13,27H,26H2,1H3. The number of thiophene rings is 1. The molecule has 2 unspecified atom stereocenters. The number of likely N-dealkylation sites (N-methyl/N-ethyl adjacent to an activating group) is 1. The number of rotatable bonds is 4. The summed E-state index contributed by atoms with van der Waals surface area (Å²) in [6.07, 6.45) is -5.28. The van der Waals surface area contributed by atoms with Gasteiger partial charge in [-0.25, -0.2) is 10.1 Å². The number of benzene rings is 2. The fraction of sp³-hybridized carbons (Fsp3) is 0.182. The van der Waals surface area contributed by atoms with Gasteiger partial charge in [0.25, 0.3) is 5.91 Å². The number of hydrogen-bond donors (Lipinski definition) is 2. The minimum absolute atomic E-state index is 0.426. The first-order valence-electron chi connectivity index (χ1n) is 9.43. The van der Waals surface area contributed by atoms with Crippen molar-refractivity contribution >= 4 is 23.2 Å². The molecule has 0 bridgehead atoms. The summed E-state index contributed by atoms with van der Waals surface area (Å²) in [6, 6.07) is 17.3. The van der Waals surface area contributed by atoms with Gasteiger partial charge in [-0.2, -0.15) is 24.5 Å². The molecule has 1 aliphatic heterocycles. The van der Waals surface area contributed by atoms with Crippen molar-refractivity contribution in [2.24, 2.45) is 5.73 Å². The molecule has 1 saturated heterocycles. The fourth-order valence-corrected chi connectivity index (χ4v) is 4.37. The zero-order valence-electron chi connectivity index (χ0n) is 16.7. The second kappa shape index (κ2) is 7.73. The van der Waals surface area contributed by atoms with Crippen LogP contribution in [0.1, 0.15) is 11.1 Å². The smallest absolute Gasteiger partial charge is 0.404 e. The molecular weight excluding hydrogens is 443 g/mol. The van der Waals surface area contributed by atoms with E-state index in [1.54, 1.807) is 48.5 Å². The number of carbonyl (C=O) groups is 2. The summed E-state index contributed by atoms with van der Waals surface area (Å²) in [7, 11) is 1.17. The van der Waals surface area contributed by atoms with E-state index in [-0.39, 0.29) is 0 Å². The molecular formula is C22H18F3N3O3S. The van der Waals surface area contributed by atoms with Crippen molar-refractivity contribution in [1.82, 2.24) is 10.2 Å². The Balaban J connectivity index is 1.87. The van der Waals surface area contributed by atoms with Crippen LogP contribution in [-0.4, -0.2) is 36.0 Å². The number of esters is 1. The monoisotopic (exact) mass is 461 g/mol. The quantitative estimate of drug-likeness (QED) is 0.460. The maximum atomic E-state index is 13.6. The highest BCUT2D eigenvalue weighted by Gasteiger charge is 2.62. The normalized spacial score (nSPS) is 23.4. The first-order valence-corrected chi connectivity index (χ1v) is 10.4. The van der Waals surface area contributed by atoms with Crippen LogP contribution in [0.15, 0.2) is 71.4 Å². The van der Waals surface area contributed by atoms with Crippen LogP contribution in [0.5, 0.6) is 0 Å². The van der Waals surface area contributed by atoms with E-state index in [1.165, 1.54) is 18.4 Å². The van der Waals surface area contributed by atoms with E-state index in [4.69, 9.17) is 5.73 Å². The summed E-state index contributed by atoms with van der Waals surface area (Å²) < 4.78 is 43.2. The number of alkyl halides is 3. The second-order valence-corrected chi connectivity index (χ2v) is 8.06. The van der Waals surface area contributed by atoms with Crippen molar-refractivity contribution in [1.29, 1.82) is 0 Å². The molecule has 1 fully saturated rings. The SMILES string of the molecule is CN1C(=O)C(c2ccccc2)(c2cccc(-c3ccsc3)c2)NC1(N)OC(=O)C(F)(F)F. The van der Waals surface area contributed by atoms with Gasteiger partial charge in [-0.05, 0) is 45.1 Å². The number of ether oxygens (including phenoxy) is 1. The molecule has 10 heteroatoms. The number of nitrogens with zero attached hydrogens (tertiary/aromatic N) is 1. The molecule has 1 amide bonds. The molecule has 4 rings (SSSR count). The Bertz CT molecular complexity index is 1150. The van der Waals surface area contributed by atoms with Crippen LogP contribution in [0.25, 0.3) is 11.1 Å². The summed E-state index contributed by atoms with van der Waals surface area (Å²) >= 11 is 1.50. The third kappa shape index (κ3) is 3.56. The van der Waals surface area contributed by atoms with Crippen LogP contribution in [0.4, 0.5) is 13.2 Å². The third-order valence-electron chi connectivity index (χ3n) is 5.33. The Labute approximate surface area is 185 Å². The Hall–Kier alpha value is -3.21. The fourth-order valence-electron chi connectivity index (χ4n) is 3.71. The van der Waals surface area contributed by atoms with Gasteiger partial charge in [0, 0.05) is 7.05 Å². The molecule has 3 aromatic rings. The third-order valence-corrected chi connectivity index (χ3v) is 6.01. The molecule has 166 valence electrons. The largest absolute Gasteiger partial charge is 0.491 e. The summed E-state index contributed by atoms with van der Waals surface area (Å²) in [5, 5.41) is 6.54. The van der Waals surface area contributed by atoms with Crippen LogP contribution in [-0.2, 0) is 19.9 Å². The van der Waals surface area contributed by atoms with Gasteiger partial charge in [0.2, 0.25) is 0 Å². The van der Waals surface area contributed by atoms with Crippen molar-refractivity contribution in [3.63, 3.8) is 0 Å². The van der Waals surface area contributed by atoms with Gasteiger partial charge in [-0.3, -0.25) is 15.4 Å². The van der Waals surface area contributed by atoms with E-state index < -0.39 is 29.6 Å². The maximum absolute atomic E-state index is 13.6. The number of carbonyl (C=O) groups excluding carboxylic acids is 2. The highest BCUT2D eigenvalue weighted by Crippen LogP contribution is 2.41. The lowest BCUT2D eigenvalue weighted by Gasteiger charge is -2.32. The van der Waals surface area contributed by atoms with Crippen LogP contribution in [0, 0.1) is 0 Å². The Morgan fingerprint density at radius 2 is 1.75 bits per heavy atom. The number of amides is 1. The van der Waals surface area contributed by atoms with E-state index >= 15 is 0 Å². The average Bonchev–Trinajstić information content (AvgIpc) is 3.37. The predicted molar refractivity (Wildman–Crippen MR) is 112 cm³/mol. The van der Waals surface area contributed by atoms with Gasteiger partial charge >= 0.3 is 18.1 Å². The summed E-state index contributed by atoms with van der Waals surface area (Å²) in [5.41, 5.74) is 6.91. The Kier molecular flexibility index (Phi) is 5.32. The number of nitrogens with two attached hydrogens (primary N) is 1. The van der Waals surface area contributed by atoms with Gasteiger partial charge < -0.3 is 4.74 Å². The predicted octanol–water partition coefficient (Wildman–Crippen LogP) is 3.40. The zero-order chi connectivity index (χ0) is 23.1. The molecule has 2 heterocycles. The molecule has 0 spiro atoms. The van der Waals surface area contributed by atoms with Crippen molar-refractivity contribution < 1.29 is 27.5 Å². The van der Waals surface area contributed by atoms with Crippen molar-refractivity contribution in [2.45, 2.75) is 17.7 Å². The molecule has 2 aromatic carbocycles. The molecule has 3 N–H and O–H groups in total. The first-order chi connectivity index (χ1) is 15.1. The second-order valence-electron chi connectivity index (χ2n) is 7.28. The molecule has 0 radical (unpaired) electrons. The number of halogens is 3. The van der Waals surface area contributed by atoms with Gasteiger partial charge in [-0.15, -0.1) is 0 Å². The Morgan fingerprint density at radius 3 is 2.38 bits per heavy atom. The van der Waals surface area contributed by atoms with Crippen LogP contribution in [0.2, 0.25) is 0 Å². The lowest BCUT2D eigenvalue weighted by molar-refractivity contribution is -0.228. The van der Waals surface area contributed by atoms with Gasteiger partial charge in [0.1, 0.15) is 0 Å². The van der Waals surface area contributed by atoms with Crippen LogP contribution < -0.4 is 11.1 Å². The number of nitrogens with one attached hydrogen (secondary N) is 1. The average molecular weight is 461 g/mol.